The van der Waals surface area contributed by atoms with Crippen molar-refractivity contribution in [2.75, 3.05) is 46.4 Å². The molecule has 1 fully saturated rings. The van der Waals surface area contributed by atoms with Crippen LogP contribution in [0.5, 0.6) is 5.75 Å². The molecular formula is C24H29N3O3. The number of benzene rings is 2. The van der Waals surface area contributed by atoms with Gasteiger partial charge in [-0.3, -0.25) is 0 Å². The van der Waals surface area contributed by atoms with Gasteiger partial charge in [0.15, 0.2) is 0 Å². The number of rotatable bonds is 8. The molecule has 0 radical (unpaired) electrons. The number of carboxylic acids is 1. The zero-order chi connectivity index (χ0) is 20.9. The highest BCUT2D eigenvalue weighted by atomic mass is 16.5. The van der Waals surface area contributed by atoms with Crippen molar-refractivity contribution in [3.05, 3.63) is 65.9 Å². The number of aromatic carboxylic acids is 1. The Hall–Kier alpha value is -2.83. The number of hydrogen-bond acceptors (Lipinski definition) is 4. The molecule has 4 rings (SSSR count). The Labute approximate surface area is 177 Å². The van der Waals surface area contributed by atoms with Gasteiger partial charge in [-0.05, 0) is 37.2 Å². The maximum absolute atomic E-state index is 11.9. The van der Waals surface area contributed by atoms with Crippen molar-refractivity contribution in [1.82, 2.24) is 14.4 Å². The Bertz CT molecular complexity index is 992. The smallest absolute Gasteiger partial charge is 0.352 e. The average molecular weight is 408 g/mol. The molecule has 0 unspecified atom stereocenters. The molecule has 1 aliphatic rings. The Morgan fingerprint density at radius 3 is 2.53 bits per heavy atom. The molecule has 1 saturated heterocycles. The summed E-state index contributed by atoms with van der Waals surface area (Å²) in [6.45, 7) is 6.61. The van der Waals surface area contributed by atoms with E-state index < -0.39 is 5.97 Å². The molecular weight excluding hydrogens is 378 g/mol. The molecule has 6 nitrogen and oxygen atoms in total. The first-order valence-electron chi connectivity index (χ1n) is 10.5. The van der Waals surface area contributed by atoms with Crippen LogP contribution in [-0.4, -0.2) is 71.8 Å². The number of hydrogen-bond donors (Lipinski definition) is 1. The van der Waals surface area contributed by atoms with E-state index in [1.807, 2.05) is 53.1 Å². The van der Waals surface area contributed by atoms with E-state index in [-0.39, 0.29) is 5.69 Å². The lowest BCUT2D eigenvalue weighted by Gasteiger charge is -2.32. The van der Waals surface area contributed by atoms with Crippen LogP contribution < -0.4 is 4.74 Å². The summed E-state index contributed by atoms with van der Waals surface area (Å²) in [5.74, 6) is -0.177. The van der Waals surface area contributed by atoms with Gasteiger partial charge in [0.25, 0.3) is 0 Å². The summed E-state index contributed by atoms with van der Waals surface area (Å²) in [4.78, 5) is 16.7. The third-order valence-electron chi connectivity index (χ3n) is 5.78. The summed E-state index contributed by atoms with van der Waals surface area (Å²) < 4.78 is 7.94. The van der Waals surface area contributed by atoms with E-state index >= 15 is 0 Å². The van der Waals surface area contributed by atoms with E-state index in [2.05, 4.69) is 16.8 Å². The number of likely N-dealkylation sites (N-methyl/N-ethyl adjacent to an activating group) is 1. The van der Waals surface area contributed by atoms with Crippen molar-refractivity contribution >= 4 is 16.9 Å². The van der Waals surface area contributed by atoms with Gasteiger partial charge in [-0.2, -0.15) is 0 Å². The maximum atomic E-state index is 11.9. The maximum Gasteiger partial charge on any atom is 0.352 e. The minimum Gasteiger partial charge on any atom is -0.493 e. The molecule has 158 valence electrons. The van der Waals surface area contributed by atoms with Crippen LogP contribution in [0.25, 0.3) is 10.9 Å². The summed E-state index contributed by atoms with van der Waals surface area (Å²) in [5, 5.41) is 10.6. The monoisotopic (exact) mass is 407 g/mol. The van der Waals surface area contributed by atoms with E-state index in [9.17, 15) is 9.90 Å². The Balaban J connectivity index is 1.47. The fourth-order valence-corrected chi connectivity index (χ4v) is 4.04. The first-order valence-corrected chi connectivity index (χ1v) is 10.5. The molecule has 3 aromatic rings. The molecule has 0 aliphatic carbocycles. The highest BCUT2D eigenvalue weighted by Crippen LogP contribution is 2.30. The van der Waals surface area contributed by atoms with E-state index in [4.69, 9.17) is 4.74 Å². The lowest BCUT2D eigenvalue weighted by molar-refractivity contribution is 0.0686. The SMILES string of the molecule is CN1CCN(CCCOc2cccc3c2cc(C(=O)O)n3Cc2ccccc2)CC1. The van der Waals surface area contributed by atoms with Crippen LogP contribution in [0, 0.1) is 0 Å². The highest BCUT2D eigenvalue weighted by Gasteiger charge is 2.18. The number of carbonyl (C=O) groups is 1. The second kappa shape index (κ2) is 9.32. The van der Waals surface area contributed by atoms with Crippen LogP contribution >= 0.6 is 0 Å². The Morgan fingerprint density at radius 1 is 1.03 bits per heavy atom. The van der Waals surface area contributed by atoms with Gasteiger partial charge in [0.2, 0.25) is 0 Å². The van der Waals surface area contributed by atoms with Crippen molar-refractivity contribution in [2.24, 2.45) is 0 Å². The number of nitrogens with zero attached hydrogens (tertiary/aromatic N) is 3. The molecule has 2 heterocycles. The molecule has 30 heavy (non-hydrogen) atoms. The fraction of sp³-hybridized carbons (Fsp3) is 0.375. The quantitative estimate of drug-likeness (QED) is 0.580. The van der Waals surface area contributed by atoms with Crippen LogP contribution in [-0.2, 0) is 6.54 Å². The molecule has 6 heteroatoms. The van der Waals surface area contributed by atoms with Gasteiger partial charge in [-0.15, -0.1) is 0 Å². The van der Waals surface area contributed by atoms with Gasteiger partial charge in [-0.25, -0.2) is 4.79 Å². The van der Waals surface area contributed by atoms with E-state index in [1.165, 1.54) is 0 Å². The zero-order valence-electron chi connectivity index (χ0n) is 17.5. The van der Waals surface area contributed by atoms with E-state index in [0.717, 1.165) is 61.4 Å². The number of aromatic nitrogens is 1. The zero-order valence-corrected chi connectivity index (χ0v) is 17.5. The van der Waals surface area contributed by atoms with Crippen molar-refractivity contribution < 1.29 is 14.6 Å². The lowest BCUT2D eigenvalue weighted by atomic mass is 10.2. The second-order valence-electron chi connectivity index (χ2n) is 7.94. The summed E-state index contributed by atoms with van der Waals surface area (Å²) in [6.07, 6.45) is 0.955. The van der Waals surface area contributed by atoms with Gasteiger partial charge >= 0.3 is 5.97 Å². The molecule has 0 amide bonds. The molecule has 1 N–H and O–H groups in total. The number of piperazine rings is 1. The molecule has 0 saturated carbocycles. The van der Waals surface area contributed by atoms with Gasteiger partial charge in [0.1, 0.15) is 11.4 Å². The van der Waals surface area contributed by atoms with Gasteiger partial charge in [0, 0.05) is 44.7 Å². The molecule has 0 spiro atoms. The predicted octanol–water partition coefficient (Wildman–Crippen LogP) is 3.40. The minimum atomic E-state index is -0.928. The standard InChI is InChI=1S/C24H29N3O3/c1-25-12-14-26(15-13-25)11-6-16-30-23-10-5-9-21-20(23)17-22(24(28)29)27(21)18-19-7-3-2-4-8-19/h2-5,7-10,17H,6,11-16,18H2,1H3,(H,28,29). The molecule has 1 aliphatic heterocycles. The molecule has 0 bridgehead atoms. The third-order valence-corrected chi connectivity index (χ3v) is 5.78. The van der Waals surface area contributed by atoms with Crippen molar-refractivity contribution in [3.8, 4) is 5.75 Å². The third kappa shape index (κ3) is 4.66. The number of ether oxygens (including phenoxy) is 1. The first-order chi connectivity index (χ1) is 14.6. The van der Waals surface area contributed by atoms with Crippen molar-refractivity contribution in [2.45, 2.75) is 13.0 Å². The van der Waals surface area contributed by atoms with Gasteiger partial charge in [-0.1, -0.05) is 36.4 Å². The van der Waals surface area contributed by atoms with Gasteiger partial charge in [0.05, 0.1) is 12.1 Å². The minimum absolute atomic E-state index is 0.280. The summed E-state index contributed by atoms with van der Waals surface area (Å²) in [5.41, 5.74) is 2.23. The van der Waals surface area contributed by atoms with E-state index in [0.29, 0.717) is 13.2 Å². The largest absolute Gasteiger partial charge is 0.493 e. The molecule has 1 aromatic heterocycles. The fourth-order valence-electron chi connectivity index (χ4n) is 4.04. The van der Waals surface area contributed by atoms with Crippen molar-refractivity contribution in [3.63, 3.8) is 0 Å². The summed E-state index contributed by atoms with van der Waals surface area (Å²) >= 11 is 0. The van der Waals surface area contributed by atoms with Crippen LogP contribution in [0.15, 0.2) is 54.6 Å². The number of carboxylic acid groups (broad SMARTS) is 1. The molecule has 0 atom stereocenters. The van der Waals surface area contributed by atoms with Crippen LogP contribution in [0.1, 0.15) is 22.5 Å². The highest BCUT2D eigenvalue weighted by molar-refractivity contribution is 5.97. The normalized spacial score (nSPS) is 15.5. The average Bonchev–Trinajstić information content (AvgIpc) is 3.13. The first kappa shape index (κ1) is 20.4. The molecule has 2 aromatic carbocycles. The van der Waals surface area contributed by atoms with Crippen LogP contribution in [0.2, 0.25) is 0 Å². The predicted molar refractivity (Wildman–Crippen MR) is 118 cm³/mol. The van der Waals surface area contributed by atoms with E-state index in [1.54, 1.807) is 6.07 Å². The lowest BCUT2D eigenvalue weighted by Crippen LogP contribution is -2.44. The van der Waals surface area contributed by atoms with Gasteiger partial charge < -0.3 is 24.2 Å². The topological polar surface area (TPSA) is 57.9 Å². The summed E-state index contributed by atoms with van der Waals surface area (Å²) in [7, 11) is 2.16. The number of fused-ring (bicyclic) bond motifs is 1. The van der Waals surface area contributed by atoms with Crippen molar-refractivity contribution in [1.29, 1.82) is 0 Å². The van der Waals surface area contributed by atoms with Crippen LogP contribution in [0.3, 0.4) is 0 Å². The second-order valence-corrected chi connectivity index (χ2v) is 7.94. The summed E-state index contributed by atoms with van der Waals surface area (Å²) in [6, 6.07) is 17.5. The Kier molecular flexibility index (Phi) is 6.35. The van der Waals surface area contributed by atoms with Crippen LogP contribution in [0.4, 0.5) is 0 Å². The Morgan fingerprint density at radius 2 is 1.80 bits per heavy atom.